The quantitative estimate of drug-likeness (QED) is 0.896. The number of amides is 1. The van der Waals surface area contributed by atoms with Crippen LogP contribution in [0, 0.1) is 5.82 Å². The Balaban J connectivity index is 2.19. The minimum atomic E-state index is -0.264. The van der Waals surface area contributed by atoms with Crippen LogP contribution in [-0.2, 0) is 0 Å². The first-order valence-corrected chi connectivity index (χ1v) is 6.92. The van der Waals surface area contributed by atoms with Gasteiger partial charge in [0.25, 0.3) is 5.91 Å². The van der Waals surface area contributed by atoms with E-state index in [1.54, 1.807) is 37.4 Å². The first-order chi connectivity index (χ1) is 10.0. The molecule has 1 amide bonds. The molecule has 21 heavy (non-hydrogen) atoms. The summed E-state index contributed by atoms with van der Waals surface area (Å²) in [6.45, 7) is 1.96. The van der Waals surface area contributed by atoms with Gasteiger partial charge >= 0.3 is 0 Å². The highest BCUT2D eigenvalue weighted by molar-refractivity contribution is 6.34. The zero-order valence-electron chi connectivity index (χ0n) is 11.8. The van der Waals surface area contributed by atoms with Gasteiger partial charge in [-0.05, 0) is 42.8 Å². The molecule has 0 saturated heterocycles. The molecule has 0 aromatic heterocycles. The molecule has 5 heteroatoms. The first kappa shape index (κ1) is 15.3. The Hall–Kier alpha value is -2.07. The minimum absolute atomic E-state index is 0.0238. The smallest absolute Gasteiger partial charge is 0.252 e. The van der Waals surface area contributed by atoms with Crippen LogP contribution in [0.15, 0.2) is 42.5 Å². The third-order valence-electron chi connectivity index (χ3n) is 3.19. The first-order valence-electron chi connectivity index (χ1n) is 6.55. The standard InChI is InChI=1S/C16H16ClFN2O/c1-10(11-3-5-12(18)6-4-11)20-13-7-8-15(17)14(9-13)16(21)19-2/h3-10,20H,1-2H3,(H,19,21). The van der Waals surface area contributed by atoms with Crippen molar-refractivity contribution >= 4 is 23.2 Å². The van der Waals surface area contributed by atoms with E-state index in [2.05, 4.69) is 10.6 Å². The van der Waals surface area contributed by atoms with Crippen molar-refractivity contribution in [2.24, 2.45) is 0 Å². The van der Waals surface area contributed by atoms with E-state index >= 15 is 0 Å². The van der Waals surface area contributed by atoms with E-state index in [1.807, 2.05) is 6.92 Å². The van der Waals surface area contributed by atoms with Crippen LogP contribution >= 0.6 is 11.6 Å². The number of nitrogens with one attached hydrogen (secondary N) is 2. The number of carbonyl (C=O) groups excluding carboxylic acids is 1. The van der Waals surface area contributed by atoms with Gasteiger partial charge in [0.15, 0.2) is 0 Å². The van der Waals surface area contributed by atoms with E-state index in [0.717, 1.165) is 11.3 Å². The van der Waals surface area contributed by atoms with Crippen LogP contribution in [-0.4, -0.2) is 13.0 Å². The summed E-state index contributed by atoms with van der Waals surface area (Å²) in [5.74, 6) is -0.502. The van der Waals surface area contributed by atoms with Crippen LogP contribution in [0.1, 0.15) is 28.9 Å². The molecule has 1 unspecified atom stereocenters. The molecule has 0 aliphatic rings. The summed E-state index contributed by atoms with van der Waals surface area (Å²) < 4.78 is 12.9. The number of halogens is 2. The van der Waals surface area contributed by atoms with Crippen molar-refractivity contribution in [2.45, 2.75) is 13.0 Å². The number of rotatable bonds is 4. The molecule has 0 spiro atoms. The fourth-order valence-electron chi connectivity index (χ4n) is 2.01. The second-order valence-corrected chi connectivity index (χ2v) is 5.10. The Kier molecular flexibility index (Phi) is 4.81. The lowest BCUT2D eigenvalue weighted by Gasteiger charge is -2.16. The third-order valence-corrected chi connectivity index (χ3v) is 3.52. The van der Waals surface area contributed by atoms with E-state index in [4.69, 9.17) is 11.6 Å². The molecule has 1 atom stereocenters. The number of benzene rings is 2. The van der Waals surface area contributed by atoms with Gasteiger partial charge in [-0.1, -0.05) is 23.7 Å². The van der Waals surface area contributed by atoms with E-state index < -0.39 is 0 Å². The maximum atomic E-state index is 12.9. The molecule has 0 aliphatic carbocycles. The Morgan fingerprint density at radius 1 is 1.19 bits per heavy atom. The molecule has 110 valence electrons. The Morgan fingerprint density at radius 3 is 2.48 bits per heavy atom. The Morgan fingerprint density at radius 2 is 1.86 bits per heavy atom. The number of hydrogen-bond donors (Lipinski definition) is 2. The van der Waals surface area contributed by atoms with Crippen LogP contribution in [0.4, 0.5) is 10.1 Å². The normalized spacial score (nSPS) is 11.8. The lowest BCUT2D eigenvalue weighted by atomic mass is 10.1. The fourth-order valence-corrected chi connectivity index (χ4v) is 2.21. The predicted molar refractivity (Wildman–Crippen MR) is 83.3 cm³/mol. The second kappa shape index (κ2) is 6.59. The van der Waals surface area contributed by atoms with Gasteiger partial charge in [-0.3, -0.25) is 4.79 Å². The van der Waals surface area contributed by atoms with E-state index in [-0.39, 0.29) is 17.8 Å². The van der Waals surface area contributed by atoms with Gasteiger partial charge in [0.1, 0.15) is 5.82 Å². The Labute approximate surface area is 128 Å². The molecule has 2 N–H and O–H groups in total. The summed E-state index contributed by atoms with van der Waals surface area (Å²) in [5.41, 5.74) is 2.14. The monoisotopic (exact) mass is 306 g/mol. The molecule has 0 heterocycles. The van der Waals surface area contributed by atoms with Gasteiger partial charge in [-0.15, -0.1) is 0 Å². The van der Waals surface area contributed by atoms with Crippen LogP contribution < -0.4 is 10.6 Å². The van der Waals surface area contributed by atoms with Crippen molar-refractivity contribution in [1.82, 2.24) is 5.32 Å². The average Bonchev–Trinajstić information content (AvgIpc) is 2.49. The number of carbonyl (C=O) groups is 1. The maximum absolute atomic E-state index is 12.9. The summed E-state index contributed by atoms with van der Waals surface area (Å²) in [7, 11) is 1.56. The molecule has 0 aliphatic heterocycles. The van der Waals surface area contributed by atoms with Crippen molar-refractivity contribution in [3.63, 3.8) is 0 Å². The zero-order valence-corrected chi connectivity index (χ0v) is 12.5. The summed E-state index contributed by atoms with van der Waals surface area (Å²) in [6.07, 6.45) is 0. The van der Waals surface area contributed by atoms with Gasteiger partial charge in [-0.25, -0.2) is 4.39 Å². The van der Waals surface area contributed by atoms with Crippen molar-refractivity contribution in [2.75, 3.05) is 12.4 Å². The summed E-state index contributed by atoms with van der Waals surface area (Å²) >= 11 is 6.01. The predicted octanol–water partition coefficient (Wildman–Crippen LogP) is 4.01. The molecule has 2 aromatic rings. The van der Waals surface area contributed by atoms with Crippen LogP contribution in [0.5, 0.6) is 0 Å². The van der Waals surface area contributed by atoms with Crippen molar-refractivity contribution < 1.29 is 9.18 Å². The van der Waals surface area contributed by atoms with Gasteiger partial charge in [-0.2, -0.15) is 0 Å². The molecule has 2 aromatic carbocycles. The van der Waals surface area contributed by atoms with E-state index in [9.17, 15) is 9.18 Å². The maximum Gasteiger partial charge on any atom is 0.252 e. The lowest BCUT2D eigenvalue weighted by Crippen LogP contribution is -2.18. The average molecular weight is 307 g/mol. The summed E-state index contributed by atoms with van der Waals surface area (Å²) in [4.78, 5) is 11.7. The Bertz CT molecular complexity index is 643. The summed E-state index contributed by atoms with van der Waals surface area (Å²) in [6, 6.07) is 11.4. The number of anilines is 1. The third kappa shape index (κ3) is 3.73. The van der Waals surface area contributed by atoms with Gasteiger partial charge < -0.3 is 10.6 Å². The lowest BCUT2D eigenvalue weighted by molar-refractivity contribution is 0.0963. The number of hydrogen-bond acceptors (Lipinski definition) is 2. The molecular weight excluding hydrogens is 291 g/mol. The highest BCUT2D eigenvalue weighted by Crippen LogP contribution is 2.24. The molecule has 2 rings (SSSR count). The minimum Gasteiger partial charge on any atom is -0.379 e. The molecular formula is C16H16ClFN2O. The van der Waals surface area contributed by atoms with Gasteiger partial charge in [0, 0.05) is 18.8 Å². The van der Waals surface area contributed by atoms with Crippen LogP contribution in [0.2, 0.25) is 5.02 Å². The van der Waals surface area contributed by atoms with Crippen molar-refractivity contribution in [1.29, 1.82) is 0 Å². The van der Waals surface area contributed by atoms with Crippen molar-refractivity contribution in [3.8, 4) is 0 Å². The van der Waals surface area contributed by atoms with Crippen LogP contribution in [0.3, 0.4) is 0 Å². The summed E-state index contributed by atoms with van der Waals surface area (Å²) in [5, 5.41) is 6.21. The highest BCUT2D eigenvalue weighted by Gasteiger charge is 2.11. The molecule has 3 nitrogen and oxygen atoms in total. The second-order valence-electron chi connectivity index (χ2n) is 4.69. The van der Waals surface area contributed by atoms with Crippen LogP contribution in [0.25, 0.3) is 0 Å². The highest BCUT2D eigenvalue weighted by atomic mass is 35.5. The zero-order chi connectivity index (χ0) is 15.4. The SMILES string of the molecule is CNC(=O)c1cc(NC(C)c2ccc(F)cc2)ccc1Cl. The largest absolute Gasteiger partial charge is 0.379 e. The molecule has 0 fully saturated rings. The topological polar surface area (TPSA) is 41.1 Å². The molecule has 0 saturated carbocycles. The van der Waals surface area contributed by atoms with Crippen molar-refractivity contribution in [3.05, 3.63) is 64.4 Å². The molecule has 0 bridgehead atoms. The van der Waals surface area contributed by atoms with Gasteiger partial charge in [0.05, 0.1) is 10.6 Å². The van der Waals surface area contributed by atoms with E-state index in [1.165, 1.54) is 12.1 Å². The molecule has 0 radical (unpaired) electrons. The van der Waals surface area contributed by atoms with Gasteiger partial charge in [0.2, 0.25) is 0 Å². The fraction of sp³-hybridized carbons (Fsp3) is 0.188. The van der Waals surface area contributed by atoms with E-state index in [0.29, 0.717) is 10.6 Å².